The first-order valence-electron chi connectivity index (χ1n) is 7.19. The number of aromatic nitrogens is 1. The Morgan fingerprint density at radius 2 is 2.14 bits per heavy atom. The van der Waals surface area contributed by atoms with E-state index in [9.17, 15) is 0 Å². The van der Waals surface area contributed by atoms with E-state index >= 15 is 0 Å². The number of rotatable bonds is 5. The highest BCUT2D eigenvalue weighted by Crippen LogP contribution is 2.34. The summed E-state index contributed by atoms with van der Waals surface area (Å²) in [7, 11) is 0. The van der Waals surface area contributed by atoms with Gasteiger partial charge in [0.2, 0.25) is 0 Å². The van der Waals surface area contributed by atoms with Crippen molar-refractivity contribution in [3.8, 4) is 5.75 Å². The Balaban J connectivity index is 1.58. The summed E-state index contributed by atoms with van der Waals surface area (Å²) >= 11 is 1.78. The van der Waals surface area contributed by atoms with Crippen molar-refractivity contribution in [1.29, 1.82) is 0 Å². The van der Waals surface area contributed by atoms with Crippen molar-refractivity contribution < 1.29 is 9.47 Å². The molecule has 1 aromatic heterocycles. The standard InChI is InChI=1S/C17H19NO2S/c1-13-9-17(20-11-13)21-16-4-2-3-15(10-16)19-12-14-5-7-18-8-6-14/h2-8,10,13,17H,9,11-12H2,1H3/t13-,17?/m1/s1. The van der Waals surface area contributed by atoms with Gasteiger partial charge in [0.25, 0.3) is 0 Å². The zero-order valence-electron chi connectivity index (χ0n) is 12.1. The van der Waals surface area contributed by atoms with Crippen molar-refractivity contribution in [2.45, 2.75) is 30.3 Å². The van der Waals surface area contributed by atoms with Gasteiger partial charge in [-0.2, -0.15) is 0 Å². The van der Waals surface area contributed by atoms with Gasteiger partial charge in [-0.3, -0.25) is 4.98 Å². The van der Waals surface area contributed by atoms with Crippen LogP contribution in [0.3, 0.4) is 0 Å². The Labute approximate surface area is 129 Å². The van der Waals surface area contributed by atoms with Gasteiger partial charge in [-0.1, -0.05) is 24.8 Å². The maximum atomic E-state index is 5.84. The molecular weight excluding hydrogens is 282 g/mol. The molecule has 1 aromatic carbocycles. The smallest absolute Gasteiger partial charge is 0.120 e. The first-order valence-corrected chi connectivity index (χ1v) is 8.07. The minimum absolute atomic E-state index is 0.274. The number of hydrogen-bond acceptors (Lipinski definition) is 4. The van der Waals surface area contributed by atoms with E-state index in [4.69, 9.17) is 9.47 Å². The summed E-state index contributed by atoms with van der Waals surface area (Å²) in [6.07, 6.45) is 4.68. The first kappa shape index (κ1) is 14.4. The number of benzene rings is 1. The summed E-state index contributed by atoms with van der Waals surface area (Å²) in [5, 5.41) is 0. The van der Waals surface area contributed by atoms with Gasteiger partial charge in [0, 0.05) is 17.3 Å². The van der Waals surface area contributed by atoms with Crippen molar-refractivity contribution in [3.63, 3.8) is 0 Å². The van der Waals surface area contributed by atoms with E-state index in [0.717, 1.165) is 24.3 Å². The molecule has 1 saturated heterocycles. The van der Waals surface area contributed by atoms with Gasteiger partial charge in [0.15, 0.2) is 0 Å². The zero-order valence-corrected chi connectivity index (χ0v) is 12.9. The van der Waals surface area contributed by atoms with E-state index in [2.05, 4.69) is 24.0 Å². The molecule has 0 N–H and O–H groups in total. The second-order valence-electron chi connectivity index (χ2n) is 5.34. The van der Waals surface area contributed by atoms with Crippen molar-refractivity contribution in [3.05, 3.63) is 54.4 Å². The Morgan fingerprint density at radius 3 is 2.90 bits per heavy atom. The molecule has 0 bridgehead atoms. The zero-order chi connectivity index (χ0) is 14.5. The minimum atomic E-state index is 0.274. The highest BCUT2D eigenvalue weighted by Gasteiger charge is 2.22. The molecule has 3 nitrogen and oxygen atoms in total. The highest BCUT2D eigenvalue weighted by atomic mass is 32.2. The molecule has 2 atom stereocenters. The van der Waals surface area contributed by atoms with Crippen molar-refractivity contribution in [2.24, 2.45) is 5.92 Å². The van der Waals surface area contributed by atoms with Gasteiger partial charge in [-0.15, -0.1) is 0 Å². The molecule has 2 heterocycles. The fourth-order valence-electron chi connectivity index (χ4n) is 2.25. The van der Waals surface area contributed by atoms with Gasteiger partial charge in [-0.05, 0) is 48.2 Å². The maximum Gasteiger partial charge on any atom is 0.120 e. The summed E-state index contributed by atoms with van der Waals surface area (Å²) in [5.41, 5.74) is 1.39. The van der Waals surface area contributed by atoms with E-state index in [1.54, 1.807) is 24.2 Å². The molecule has 110 valence electrons. The summed E-state index contributed by atoms with van der Waals surface area (Å²) in [4.78, 5) is 5.20. The molecule has 1 fully saturated rings. The molecular formula is C17H19NO2S. The van der Waals surface area contributed by atoms with Gasteiger partial charge in [0.05, 0.1) is 6.61 Å². The van der Waals surface area contributed by atoms with Gasteiger partial charge in [-0.25, -0.2) is 0 Å². The Morgan fingerprint density at radius 1 is 1.29 bits per heavy atom. The van der Waals surface area contributed by atoms with Crippen LogP contribution >= 0.6 is 11.8 Å². The van der Waals surface area contributed by atoms with Crippen LogP contribution in [0, 0.1) is 5.92 Å². The van der Waals surface area contributed by atoms with Crippen molar-refractivity contribution >= 4 is 11.8 Å². The largest absolute Gasteiger partial charge is 0.489 e. The topological polar surface area (TPSA) is 31.4 Å². The third kappa shape index (κ3) is 4.22. The second kappa shape index (κ2) is 6.96. The third-order valence-electron chi connectivity index (χ3n) is 3.39. The van der Waals surface area contributed by atoms with Crippen LogP contribution in [0.25, 0.3) is 0 Å². The fraction of sp³-hybridized carbons (Fsp3) is 0.353. The van der Waals surface area contributed by atoms with Crippen LogP contribution in [-0.2, 0) is 11.3 Å². The van der Waals surface area contributed by atoms with Gasteiger partial charge < -0.3 is 9.47 Å². The minimum Gasteiger partial charge on any atom is -0.489 e. The van der Waals surface area contributed by atoms with E-state index in [1.807, 2.05) is 24.3 Å². The number of pyridine rings is 1. The molecule has 0 saturated carbocycles. The molecule has 1 aliphatic rings. The molecule has 0 spiro atoms. The molecule has 4 heteroatoms. The predicted molar refractivity (Wildman–Crippen MR) is 84.4 cm³/mol. The van der Waals surface area contributed by atoms with E-state index in [-0.39, 0.29) is 5.44 Å². The monoisotopic (exact) mass is 301 g/mol. The van der Waals surface area contributed by atoms with Crippen LogP contribution in [0.2, 0.25) is 0 Å². The Hall–Kier alpha value is -1.52. The lowest BCUT2D eigenvalue weighted by Gasteiger charge is -2.11. The normalized spacial score (nSPS) is 21.4. The lowest BCUT2D eigenvalue weighted by Crippen LogP contribution is -1.98. The summed E-state index contributed by atoms with van der Waals surface area (Å²) in [6, 6.07) is 12.1. The molecule has 3 rings (SSSR count). The fourth-order valence-corrected chi connectivity index (χ4v) is 3.47. The molecule has 1 aliphatic heterocycles. The lowest BCUT2D eigenvalue weighted by molar-refractivity contribution is 0.166. The van der Waals surface area contributed by atoms with Gasteiger partial charge >= 0.3 is 0 Å². The summed E-state index contributed by atoms with van der Waals surface area (Å²) in [5.74, 6) is 1.55. The van der Waals surface area contributed by atoms with Crippen LogP contribution in [0.4, 0.5) is 0 Å². The molecule has 0 radical (unpaired) electrons. The lowest BCUT2D eigenvalue weighted by atomic mass is 10.2. The molecule has 1 unspecified atom stereocenters. The van der Waals surface area contributed by atoms with Gasteiger partial charge in [0.1, 0.15) is 17.8 Å². The highest BCUT2D eigenvalue weighted by molar-refractivity contribution is 7.99. The Kier molecular flexibility index (Phi) is 4.78. The SMILES string of the molecule is C[C@H]1COC(Sc2cccc(OCc3ccncc3)c2)C1. The molecule has 0 aliphatic carbocycles. The van der Waals surface area contributed by atoms with Crippen LogP contribution in [0.15, 0.2) is 53.7 Å². The molecule has 2 aromatic rings. The number of nitrogens with zero attached hydrogens (tertiary/aromatic N) is 1. The Bertz CT molecular complexity index is 576. The third-order valence-corrected chi connectivity index (χ3v) is 4.51. The average Bonchev–Trinajstić information content (AvgIpc) is 2.92. The number of thioether (sulfide) groups is 1. The number of ether oxygens (including phenoxy) is 2. The predicted octanol–water partition coefficient (Wildman–Crippen LogP) is 4.14. The van der Waals surface area contributed by atoms with E-state index in [0.29, 0.717) is 12.5 Å². The van der Waals surface area contributed by atoms with Crippen LogP contribution in [0.5, 0.6) is 5.75 Å². The maximum absolute atomic E-state index is 5.84. The molecule has 21 heavy (non-hydrogen) atoms. The second-order valence-corrected chi connectivity index (χ2v) is 6.57. The van der Waals surface area contributed by atoms with Crippen LogP contribution < -0.4 is 4.74 Å². The van der Waals surface area contributed by atoms with Crippen LogP contribution in [0.1, 0.15) is 18.9 Å². The van der Waals surface area contributed by atoms with E-state index < -0.39 is 0 Å². The van der Waals surface area contributed by atoms with Crippen molar-refractivity contribution in [1.82, 2.24) is 4.98 Å². The molecule has 0 amide bonds. The number of hydrogen-bond donors (Lipinski definition) is 0. The average molecular weight is 301 g/mol. The summed E-state index contributed by atoms with van der Waals surface area (Å²) in [6.45, 7) is 3.66. The first-order chi connectivity index (χ1) is 10.3. The van der Waals surface area contributed by atoms with E-state index in [1.165, 1.54) is 4.90 Å². The van der Waals surface area contributed by atoms with Crippen molar-refractivity contribution in [2.75, 3.05) is 6.61 Å². The van der Waals surface area contributed by atoms with Crippen LogP contribution in [-0.4, -0.2) is 17.0 Å². The summed E-state index contributed by atoms with van der Waals surface area (Å²) < 4.78 is 11.6. The quantitative estimate of drug-likeness (QED) is 0.831.